The van der Waals surface area contributed by atoms with Crippen LogP contribution in [0.25, 0.3) is 0 Å². The Balaban J connectivity index is 3.58. The number of hydrogen-bond acceptors (Lipinski definition) is 4. The van der Waals surface area contributed by atoms with Crippen LogP contribution in [0, 0.1) is 5.92 Å². The van der Waals surface area contributed by atoms with Gasteiger partial charge < -0.3 is 10.2 Å². The van der Waals surface area contributed by atoms with Gasteiger partial charge in [-0.3, -0.25) is 9.59 Å². The lowest BCUT2D eigenvalue weighted by Gasteiger charge is -2.11. The van der Waals surface area contributed by atoms with Gasteiger partial charge in [0.05, 0.1) is 0 Å². The van der Waals surface area contributed by atoms with Gasteiger partial charge in [0.2, 0.25) is 0 Å². The first-order valence-electron chi connectivity index (χ1n) is 4.44. The highest BCUT2D eigenvalue weighted by atomic mass is 16.3. The predicted molar refractivity (Wildman–Crippen MR) is 47.2 cm³/mol. The summed E-state index contributed by atoms with van der Waals surface area (Å²) in [7, 11) is 0. The lowest BCUT2D eigenvalue weighted by atomic mass is 9.98. The minimum atomic E-state index is -0.428. The Labute approximate surface area is 77.6 Å². The molecule has 4 heteroatoms. The summed E-state index contributed by atoms with van der Waals surface area (Å²) in [6.45, 7) is 0.101. The van der Waals surface area contributed by atoms with E-state index in [1.165, 1.54) is 0 Å². The third-order valence-corrected chi connectivity index (χ3v) is 1.96. The molecule has 0 fully saturated rings. The normalized spacial score (nSPS) is 12.5. The van der Waals surface area contributed by atoms with Crippen LogP contribution in [0.2, 0.25) is 0 Å². The van der Waals surface area contributed by atoms with E-state index in [0.29, 0.717) is 25.5 Å². The fourth-order valence-electron chi connectivity index (χ4n) is 1.11. The van der Waals surface area contributed by atoms with Crippen molar-refractivity contribution in [2.75, 3.05) is 13.2 Å². The lowest BCUT2D eigenvalue weighted by molar-refractivity contribution is -0.130. The van der Waals surface area contributed by atoms with Crippen LogP contribution in [0.5, 0.6) is 0 Å². The summed E-state index contributed by atoms with van der Waals surface area (Å²) < 4.78 is 0. The molecule has 0 aromatic carbocycles. The summed E-state index contributed by atoms with van der Waals surface area (Å²) in [6.07, 6.45) is 2.34. The van der Waals surface area contributed by atoms with Gasteiger partial charge in [0.1, 0.15) is 0 Å². The van der Waals surface area contributed by atoms with E-state index in [-0.39, 0.29) is 25.6 Å². The van der Waals surface area contributed by atoms with Crippen LogP contribution in [-0.4, -0.2) is 35.5 Å². The Bertz CT molecular complexity index is 156. The number of carbonyl (C=O) groups is 2. The quantitative estimate of drug-likeness (QED) is 0.412. The van der Waals surface area contributed by atoms with Crippen molar-refractivity contribution in [3.63, 3.8) is 0 Å². The van der Waals surface area contributed by atoms with Crippen LogP contribution < -0.4 is 0 Å². The van der Waals surface area contributed by atoms with Gasteiger partial charge in [-0.25, -0.2) is 0 Å². The maximum atomic E-state index is 10.6. The number of rotatable bonds is 8. The van der Waals surface area contributed by atoms with Crippen LogP contribution in [0.3, 0.4) is 0 Å². The third kappa shape index (κ3) is 6.42. The van der Waals surface area contributed by atoms with Crippen molar-refractivity contribution >= 4 is 12.1 Å². The van der Waals surface area contributed by atoms with E-state index in [1.807, 2.05) is 0 Å². The summed E-state index contributed by atoms with van der Waals surface area (Å²) in [6, 6.07) is 0. The lowest BCUT2D eigenvalue weighted by Crippen LogP contribution is -2.10. The Kier molecular flexibility index (Phi) is 7.44. The number of aliphatic hydroxyl groups is 2. The monoisotopic (exact) mass is 188 g/mol. The molecule has 76 valence electrons. The molecule has 0 saturated heterocycles. The topological polar surface area (TPSA) is 74.6 Å². The van der Waals surface area contributed by atoms with Gasteiger partial charge in [0.25, 0.3) is 0 Å². The Morgan fingerprint density at radius 1 is 1.31 bits per heavy atom. The molecule has 1 unspecified atom stereocenters. The molecule has 0 heterocycles. The zero-order valence-electron chi connectivity index (χ0n) is 7.61. The minimum absolute atomic E-state index is 0.00609. The average Bonchev–Trinajstić information content (AvgIpc) is 2.17. The van der Waals surface area contributed by atoms with Crippen molar-refractivity contribution < 1.29 is 19.8 Å². The van der Waals surface area contributed by atoms with E-state index in [9.17, 15) is 9.59 Å². The molecule has 1 atom stereocenters. The highest BCUT2D eigenvalue weighted by Gasteiger charge is 2.09. The number of Topliss-reactive ketones (excluding diaryl/α,β-unsaturated/α-hetero) is 1. The van der Waals surface area contributed by atoms with E-state index in [1.54, 1.807) is 0 Å². The molecule has 0 aliphatic heterocycles. The summed E-state index contributed by atoms with van der Waals surface area (Å²) in [5.41, 5.74) is 0. The molecule has 0 aromatic heterocycles. The van der Waals surface area contributed by atoms with Crippen LogP contribution in [0.4, 0.5) is 0 Å². The molecule has 0 rings (SSSR count). The molecule has 0 bridgehead atoms. The number of ketones is 1. The fourth-order valence-corrected chi connectivity index (χ4v) is 1.11. The van der Waals surface area contributed by atoms with Gasteiger partial charge in [0.15, 0.2) is 12.1 Å². The van der Waals surface area contributed by atoms with E-state index in [0.717, 1.165) is 0 Å². The van der Waals surface area contributed by atoms with Gasteiger partial charge in [-0.15, -0.1) is 0 Å². The van der Waals surface area contributed by atoms with Gasteiger partial charge in [0, 0.05) is 19.6 Å². The van der Waals surface area contributed by atoms with E-state index >= 15 is 0 Å². The molecule has 0 aromatic rings. The molecule has 13 heavy (non-hydrogen) atoms. The van der Waals surface area contributed by atoms with Crippen molar-refractivity contribution in [2.24, 2.45) is 5.92 Å². The fraction of sp³-hybridized carbons (Fsp3) is 0.778. The van der Waals surface area contributed by atoms with Crippen LogP contribution in [-0.2, 0) is 9.59 Å². The highest BCUT2D eigenvalue weighted by Crippen LogP contribution is 2.12. The number of aldehydes is 1. The van der Waals surface area contributed by atoms with Gasteiger partial charge in [-0.2, -0.15) is 0 Å². The molecule has 0 radical (unpaired) electrons. The van der Waals surface area contributed by atoms with E-state index in [2.05, 4.69) is 0 Å². The largest absolute Gasteiger partial charge is 0.396 e. The van der Waals surface area contributed by atoms with Gasteiger partial charge in [-0.05, 0) is 25.2 Å². The zero-order valence-corrected chi connectivity index (χ0v) is 7.61. The number of aliphatic hydroxyl groups excluding tert-OH is 2. The van der Waals surface area contributed by atoms with Gasteiger partial charge in [-0.1, -0.05) is 0 Å². The Morgan fingerprint density at radius 3 is 2.46 bits per heavy atom. The van der Waals surface area contributed by atoms with Crippen molar-refractivity contribution in [2.45, 2.75) is 25.7 Å². The van der Waals surface area contributed by atoms with Crippen molar-refractivity contribution in [1.29, 1.82) is 0 Å². The average molecular weight is 188 g/mol. The van der Waals surface area contributed by atoms with Crippen LogP contribution in [0.1, 0.15) is 25.7 Å². The maximum Gasteiger partial charge on any atom is 0.195 e. The van der Waals surface area contributed by atoms with Crippen molar-refractivity contribution in [3.05, 3.63) is 0 Å². The molecule has 0 amide bonds. The zero-order chi connectivity index (χ0) is 10.1. The highest BCUT2D eigenvalue weighted by molar-refractivity contribution is 6.24. The van der Waals surface area contributed by atoms with E-state index in [4.69, 9.17) is 10.2 Å². The molecule has 0 aliphatic rings. The molecule has 0 aliphatic carbocycles. The molecular formula is C9H16O4. The number of hydrogen-bond donors (Lipinski definition) is 2. The van der Waals surface area contributed by atoms with Gasteiger partial charge >= 0.3 is 0 Å². The Hall–Kier alpha value is -0.740. The summed E-state index contributed by atoms with van der Waals surface area (Å²) >= 11 is 0. The van der Waals surface area contributed by atoms with E-state index < -0.39 is 5.78 Å². The second kappa shape index (κ2) is 7.89. The molecule has 0 spiro atoms. The summed E-state index contributed by atoms with van der Waals surface area (Å²) in [4.78, 5) is 20.6. The molecule has 4 nitrogen and oxygen atoms in total. The molecule has 0 saturated carbocycles. The summed E-state index contributed by atoms with van der Waals surface area (Å²) in [5.74, 6) is -0.404. The SMILES string of the molecule is O=CC(=O)CCC(CO)CCCO. The standard InChI is InChI=1S/C9H16O4/c10-5-1-2-8(6-11)3-4-9(13)7-12/h7-8,10-11H,1-6H2. The first-order valence-corrected chi connectivity index (χ1v) is 4.44. The minimum Gasteiger partial charge on any atom is -0.396 e. The predicted octanol–water partition coefficient (Wildman–Crippen LogP) is -0.0844. The smallest absolute Gasteiger partial charge is 0.195 e. The first-order chi connectivity index (χ1) is 6.24. The molecular weight excluding hydrogens is 172 g/mol. The molecule has 2 N–H and O–H groups in total. The maximum absolute atomic E-state index is 10.6. The third-order valence-electron chi connectivity index (χ3n) is 1.96. The van der Waals surface area contributed by atoms with Crippen molar-refractivity contribution in [1.82, 2.24) is 0 Å². The Morgan fingerprint density at radius 2 is 2.00 bits per heavy atom. The first kappa shape index (κ1) is 12.3. The summed E-state index contributed by atoms with van der Waals surface area (Å²) in [5, 5.41) is 17.4. The van der Waals surface area contributed by atoms with Crippen LogP contribution in [0.15, 0.2) is 0 Å². The number of carbonyl (C=O) groups excluding carboxylic acids is 2. The second-order valence-corrected chi connectivity index (χ2v) is 3.04. The van der Waals surface area contributed by atoms with Crippen LogP contribution >= 0.6 is 0 Å². The second-order valence-electron chi connectivity index (χ2n) is 3.04. The van der Waals surface area contributed by atoms with Crippen molar-refractivity contribution in [3.8, 4) is 0 Å².